The summed E-state index contributed by atoms with van der Waals surface area (Å²) < 4.78 is 5.74. The normalized spacial score (nSPS) is 11.6. The van der Waals surface area contributed by atoms with Gasteiger partial charge in [0, 0.05) is 28.7 Å². The molecule has 1 atom stereocenters. The molecule has 7 heteroatoms. The smallest absolute Gasteiger partial charge is 0.261 e. The fraction of sp³-hybridized carbons (Fsp3) is 0.391. The van der Waals surface area contributed by atoms with E-state index in [4.69, 9.17) is 27.9 Å². The van der Waals surface area contributed by atoms with E-state index in [0.717, 1.165) is 12.0 Å². The van der Waals surface area contributed by atoms with Crippen LogP contribution in [0.3, 0.4) is 0 Å². The molecule has 2 aromatic rings. The highest BCUT2D eigenvalue weighted by molar-refractivity contribution is 6.36. The van der Waals surface area contributed by atoms with Gasteiger partial charge in [0.2, 0.25) is 5.91 Å². The van der Waals surface area contributed by atoms with Crippen molar-refractivity contribution in [2.75, 3.05) is 13.2 Å². The van der Waals surface area contributed by atoms with E-state index in [0.29, 0.717) is 34.3 Å². The van der Waals surface area contributed by atoms with E-state index in [2.05, 4.69) is 5.32 Å². The van der Waals surface area contributed by atoms with E-state index in [9.17, 15) is 9.59 Å². The first kappa shape index (κ1) is 24.0. The number of hydrogen-bond donors (Lipinski definition) is 1. The number of nitrogens with zero attached hydrogens (tertiary/aromatic N) is 1. The molecule has 1 N–H and O–H groups in total. The molecule has 0 saturated carbocycles. The molecule has 0 heterocycles. The molecule has 30 heavy (non-hydrogen) atoms. The van der Waals surface area contributed by atoms with Crippen molar-refractivity contribution in [1.29, 1.82) is 0 Å². The van der Waals surface area contributed by atoms with Crippen LogP contribution in [0, 0.1) is 6.92 Å². The third kappa shape index (κ3) is 6.38. The zero-order chi connectivity index (χ0) is 22.1. The van der Waals surface area contributed by atoms with Gasteiger partial charge in [-0.1, -0.05) is 61.3 Å². The van der Waals surface area contributed by atoms with Gasteiger partial charge in [0.15, 0.2) is 6.61 Å². The van der Waals surface area contributed by atoms with Crippen LogP contribution in [0.4, 0.5) is 0 Å². The molecule has 0 spiro atoms. The minimum absolute atomic E-state index is 0.118. The van der Waals surface area contributed by atoms with Crippen LogP contribution in [-0.4, -0.2) is 35.9 Å². The summed E-state index contributed by atoms with van der Waals surface area (Å²) >= 11 is 12.7. The van der Waals surface area contributed by atoms with Gasteiger partial charge < -0.3 is 15.0 Å². The number of rotatable bonds is 10. The molecule has 0 aromatic heterocycles. The summed E-state index contributed by atoms with van der Waals surface area (Å²) in [5.74, 6) is 0.115. The summed E-state index contributed by atoms with van der Waals surface area (Å²) in [5, 5.41) is 3.77. The Labute approximate surface area is 188 Å². The Morgan fingerprint density at radius 3 is 2.33 bits per heavy atom. The van der Waals surface area contributed by atoms with Crippen molar-refractivity contribution in [3.63, 3.8) is 0 Å². The number of amides is 2. The average Bonchev–Trinajstić information content (AvgIpc) is 2.73. The maximum absolute atomic E-state index is 13.2. The first-order chi connectivity index (χ1) is 14.4. The van der Waals surface area contributed by atoms with Gasteiger partial charge in [0.1, 0.15) is 11.8 Å². The Bertz CT molecular complexity index is 853. The molecule has 2 rings (SSSR count). The van der Waals surface area contributed by atoms with Crippen molar-refractivity contribution < 1.29 is 14.3 Å². The van der Waals surface area contributed by atoms with Gasteiger partial charge in [-0.25, -0.2) is 0 Å². The third-order valence-corrected chi connectivity index (χ3v) is 5.48. The van der Waals surface area contributed by atoms with Crippen molar-refractivity contribution >= 4 is 35.0 Å². The van der Waals surface area contributed by atoms with Gasteiger partial charge in [-0.15, -0.1) is 0 Å². The lowest BCUT2D eigenvalue weighted by Gasteiger charge is -2.31. The Kier molecular flexibility index (Phi) is 9.47. The summed E-state index contributed by atoms with van der Waals surface area (Å²) in [5.41, 5.74) is 1.53. The summed E-state index contributed by atoms with van der Waals surface area (Å²) in [6, 6.07) is 12.0. The van der Waals surface area contributed by atoms with Crippen LogP contribution in [0.25, 0.3) is 0 Å². The minimum atomic E-state index is -0.656. The first-order valence-corrected chi connectivity index (χ1v) is 10.8. The number of para-hydroxylation sites is 1. The lowest BCUT2D eigenvalue weighted by molar-refractivity contribution is -0.143. The van der Waals surface area contributed by atoms with E-state index in [-0.39, 0.29) is 25.0 Å². The zero-order valence-corrected chi connectivity index (χ0v) is 19.1. The van der Waals surface area contributed by atoms with Gasteiger partial charge >= 0.3 is 0 Å². The summed E-state index contributed by atoms with van der Waals surface area (Å²) in [6.07, 6.45) is 1.26. The Balaban J connectivity index is 2.27. The molecule has 0 aliphatic heterocycles. The van der Waals surface area contributed by atoms with Crippen LogP contribution < -0.4 is 10.1 Å². The molecule has 0 bridgehead atoms. The number of halogens is 2. The highest BCUT2D eigenvalue weighted by Gasteiger charge is 2.30. The van der Waals surface area contributed by atoms with E-state index < -0.39 is 6.04 Å². The van der Waals surface area contributed by atoms with Crippen LogP contribution >= 0.6 is 23.2 Å². The van der Waals surface area contributed by atoms with Gasteiger partial charge in [-0.3, -0.25) is 9.59 Å². The quantitative estimate of drug-likeness (QED) is 0.552. The summed E-state index contributed by atoms with van der Waals surface area (Å²) in [7, 11) is 0. The van der Waals surface area contributed by atoms with Crippen LogP contribution in [0.5, 0.6) is 5.75 Å². The van der Waals surface area contributed by atoms with E-state index in [1.165, 1.54) is 4.90 Å². The largest absolute Gasteiger partial charge is 0.484 e. The van der Waals surface area contributed by atoms with Crippen molar-refractivity contribution in [2.45, 2.75) is 46.2 Å². The monoisotopic (exact) mass is 450 g/mol. The number of ether oxygens (including phenoxy) is 1. The van der Waals surface area contributed by atoms with Crippen LogP contribution in [-0.2, 0) is 16.1 Å². The molecule has 0 aliphatic carbocycles. The number of nitrogens with one attached hydrogen (secondary N) is 1. The lowest BCUT2D eigenvalue weighted by atomic mass is 10.1. The van der Waals surface area contributed by atoms with Crippen LogP contribution in [0.15, 0.2) is 42.5 Å². The second-order valence-corrected chi connectivity index (χ2v) is 7.81. The van der Waals surface area contributed by atoms with Crippen LogP contribution in [0.2, 0.25) is 10.0 Å². The van der Waals surface area contributed by atoms with Crippen molar-refractivity contribution in [1.82, 2.24) is 10.2 Å². The maximum Gasteiger partial charge on any atom is 0.261 e. The molecule has 0 saturated heterocycles. The van der Waals surface area contributed by atoms with E-state index in [1.807, 2.05) is 45.0 Å². The number of benzene rings is 2. The average molecular weight is 451 g/mol. The number of carbonyl (C=O) groups is 2. The summed E-state index contributed by atoms with van der Waals surface area (Å²) in [4.78, 5) is 27.4. The molecule has 5 nitrogen and oxygen atoms in total. The van der Waals surface area contributed by atoms with Crippen LogP contribution in [0.1, 0.15) is 37.8 Å². The standard InChI is InChI=1S/C23H28Cl2N2O3/c1-4-13-26-23(29)20(5-2)27(14-17-18(24)10-8-11-19(17)25)22(28)15-30-21-12-7-6-9-16(21)3/h6-12,20H,4-5,13-15H2,1-3H3,(H,26,29). The molecular weight excluding hydrogens is 423 g/mol. The molecule has 2 aromatic carbocycles. The molecule has 0 aliphatic rings. The van der Waals surface area contributed by atoms with Crippen molar-refractivity contribution in [2.24, 2.45) is 0 Å². The first-order valence-electron chi connectivity index (χ1n) is 10.1. The zero-order valence-electron chi connectivity index (χ0n) is 17.6. The van der Waals surface area contributed by atoms with Crippen molar-refractivity contribution in [3.05, 3.63) is 63.6 Å². The highest BCUT2D eigenvalue weighted by Crippen LogP contribution is 2.27. The Hall–Kier alpha value is -2.24. The predicted molar refractivity (Wildman–Crippen MR) is 121 cm³/mol. The van der Waals surface area contributed by atoms with E-state index in [1.54, 1.807) is 18.2 Å². The van der Waals surface area contributed by atoms with Gasteiger partial charge in [0.25, 0.3) is 5.91 Å². The fourth-order valence-corrected chi connectivity index (χ4v) is 3.60. The van der Waals surface area contributed by atoms with E-state index >= 15 is 0 Å². The highest BCUT2D eigenvalue weighted by atomic mass is 35.5. The molecule has 0 fully saturated rings. The Morgan fingerprint density at radius 2 is 1.73 bits per heavy atom. The van der Waals surface area contributed by atoms with Gasteiger partial charge in [-0.2, -0.15) is 0 Å². The van der Waals surface area contributed by atoms with Crippen molar-refractivity contribution in [3.8, 4) is 5.75 Å². The van der Waals surface area contributed by atoms with Gasteiger partial charge in [0.05, 0.1) is 0 Å². The number of carbonyl (C=O) groups excluding carboxylic acids is 2. The summed E-state index contributed by atoms with van der Waals surface area (Å²) in [6.45, 7) is 6.23. The lowest BCUT2D eigenvalue weighted by Crippen LogP contribution is -2.50. The molecule has 2 amide bonds. The maximum atomic E-state index is 13.2. The second-order valence-electron chi connectivity index (χ2n) is 6.99. The minimum Gasteiger partial charge on any atom is -0.484 e. The SMILES string of the molecule is CCCNC(=O)C(CC)N(Cc1c(Cl)cccc1Cl)C(=O)COc1ccccc1C. The molecule has 0 radical (unpaired) electrons. The molecule has 162 valence electrons. The third-order valence-electron chi connectivity index (χ3n) is 4.77. The number of hydrogen-bond acceptors (Lipinski definition) is 3. The number of aryl methyl sites for hydroxylation is 1. The molecular formula is C23H28Cl2N2O3. The Morgan fingerprint density at radius 1 is 1.07 bits per heavy atom. The fourth-order valence-electron chi connectivity index (χ4n) is 3.08. The molecule has 1 unspecified atom stereocenters. The topological polar surface area (TPSA) is 58.6 Å². The van der Waals surface area contributed by atoms with Gasteiger partial charge in [-0.05, 0) is 43.5 Å². The predicted octanol–water partition coefficient (Wildman–Crippen LogP) is 5.01. The second kappa shape index (κ2) is 11.8.